The average molecular weight is 473 g/mol. The zero-order valence-corrected chi connectivity index (χ0v) is 18.6. The van der Waals surface area contributed by atoms with Gasteiger partial charge >= 0.3 is 0 Å². The molecule has 0 aliphatic carbocycles. The maximum Gasteiger partial charge on any atom is 0.233 e. The summed E-state index contributed by atoms with van der Waals surface area (Å²) in [4.78, 5) is 4.37. The first-order valence-corrected chi connectivity index (χ1v) is 11.7. The minimum atomic E-state index is -3.95. The molecule has 0 amide bonds. The maximum atomic E-state index is 13.3. The second kappa shape index (κ2) is 9.14. The molecule has 5 nitrogen and oxygen atoms in total. The number of aromatic nitrogens is 1. The van der Waals surface area contributed by atoms with Gasteiger partial charge in [0.15, 0.2) is 0 Å². The molecule has 31 heavy (non-hydrogen) atoms. The van der Waals surface area contributed by atoms with Gasteiger partial charge in [-0.3, -0.25) is 0 Å². The summed E-state index contributed by atoms with van der Waals surface area (Å²) in [6.07, 6.45) is 0.684. The fourth-order valence-electron chi connectivity index (χ4n) is 3.04. The zero-order chi connectivity index (χ0) is 21.8. The van der Waals surface area contributed by atoms with E-state index in [1.807, 2.05) is 30.3 Å². The predicted molar refractivity (Wildman–Crippen MR) is 122 cm³/mol. The topological polar surface area (TPSA) is 72.2 Å². The Labute approximate surface area is 190 Å². The molecule has 158 valence electrons. The van der Waals surface area contributed by atoms with E-state index in [1.54, 1.807) is 24.3 Å². The summed E-state index contributed by atoms with van der Waals surface area (Å²) in [5.41, 5.74) is 1.62. The third-order valence-corrected chi connectivity index (χ3v) is 6.88. The lowest BCUT2D eigenvalue weighted by atomic mass is 10.1. The molecule has 8 heteroatoms. The van der Waals surface area contributed by atoms with E-state index in [0.717, 1.165) is 5.56 Å². The minimum absolute atomic E-state index is 0.0702. The largest absolute Gasteiger partial charge is 0.419 e. The monoisotopic (exact) mass is 472 g/mol. The van der Waals surface area contributed by atoms with Crippen LogP contribution in [0.1, 0.15) is 5.56 Å². The molecule has 0 atom stereocenters. The molecule has 0 saturated carbocycles. The number of anilines is 1. The summed E-state index contributed by atoms with van der Waals surface area (Å²) in [7, 11) is -3.95. The van der Waals surface area contributed by atoms with E-state index in [0.29, 0.717) is 28.6 Å². The van der Waals surface area contributed by atoms with Gasteiger partial charge in [0.05, 0.1) is 15.5 Å². The van der Waals surface area contributed by atoms with Crippen LogP contribution in [0, 0.1) is 0 Å². The first kappa shape index (κ1) is 21.4. The van der Waals surface area contributed by atoms with Crippen molar-refractivity contribution in [2.75, 3.05) is 11.9 Å². The van der Waals surface area contributed by atoms with Crippen LogP contribution in [-0.2, 0) is 16.3 Å². The van der Waals surface area contributed by atoms with Crippen molar-refractivity contribution in [3.05, 3.63) is 94.5 Å². The molecule has 1 aromatic heterocycles. The summed E-state index contributed by atoms with van der Waals surface area (Å²) >= 11 is 12.2. The standard InChI is InChI=1S/C23H18Cl2N2O3S/c24-17-10-12-18(13-11-17)31(28,29)23-22(26-15-14-16-6-2-1-3-7-16)30-21(27-23)19-8-4-5-9-20(19)25/h1-13,26H,14-15H2. The van der Waals surface area contributed by atoms with Gasteiger partial charge in [0.1, 0.15) is 0 Å². The third kappa shape index (κ3) is 4.77. The summed E-state index contributed by atoms with van der Waals surface area (Å²) < 4.78 is 32.4. The first-order chi connectivity index (χ1) is 14.9. The van der Waals surface area contributed by atoms with Gasteiger partial charge in [0.25, 0.3) is 0 Å². The number of oxazole rings is 1. The number of sulfone groups is 1. The van der Waals surface area contributed by atoms with E-state index in [-0.39, 0.29) is 21.7 Å². The van der Waals surface area contributed by atoms with Crippen LogP contribution in [0.25, 0.3) is 11.5 Å². The molecule has 3 aromatic carbocycles. The minimum Gasteiger partial charge on any atom is -0.419 e. The quantitative estimate of drug-likeness (QED) is 0.349. The van der Waals surface area contributed by atoms with Crippen molar-refractivity contribution in [3.63, 3.8) is 0 Å². The normalized spacial score (nSPS) is 11.4. The van der Waals surface area contributed by atoms with E-state index in [1.165, 1.54) is 24.3 Å². The van der Waals surface area contributed by atoms with Crippen LogP contribution < -0.4 is 5.32 Å². The van der Waals surface area contributed by atoms with Crippen molar-refractivity contribution in [3.8, 4) is 11.5 Å². The molecule has 0 aliphatic heterocycles. The molecule has 4 aromatic rings. The molecule has 0 spiro atoms. The molecule has 1 heterocycles. The molecule has 0 radical (unpaired) electrons. The second-order valence-corrected chi connectivity index (χ2v) is 9.46. The van der Waals surface area contributed by atoms with E-state index >= 15 is 0 Å². The van der Waals surface area contributed by atoms with Gasteiger partial charge in [-0.1, -0.05) is 65.7 Å². The molecule has 0 aliphatic rings. The van der Waals surface area contributed by atoms with Crippen LogP contribution in [0.3, 0.4) is 0 Å². The van der Waals surface area contributed by atoms with Crippen molar-refractivity contribution in [1.82, 2.24) is 4.98 Å². The lowest BCUT2D eigenvalue weighted by Gasteiger charge is -2.06. The van der Waals surface area contributed by atoms with Crippen LogP contribution >= 0.6 is 23.2 Å². The predicted octanol–water partition coefficient (Wildman–Crippen LogP) is 6.14. The highest BCUT2D eigenvalue weighted by atomic mass is 35.5. The van der Waals surface area contributed by atoms with E-state index in [4.69, 9.17) is 27.6 Å². The number of hydrogen-bond acceptors (Lipinski definition) is 5. The lowest BCUT2D eigenvalue weighted by Crippen LogP contribution is -2.09. The maximum absolute atomic E-state index is 13.3. The average Bonchev–Trinajstić information content (AvgIpc) is 3.20. The Morgan fingerprint density at radius 1 is 0.871 bits per heavy atom. The second-order valence-electron chi connectivity index (χ2n) is 6.75. The van der Waals surface area contributed by atoms with Crippen LogP contribution in [0.15, 0.2) is 93.2 Å². The molecule has 0 saturated heterocycles. The van der Waals surface area contributed by atoms with Crippen LogP contribution in [0.5, 0.6) is 0 Å². The Morgan fingerprint density at radius 3 is 2.26 bits per heavy atom. The van der Waals surface area contributed by atoms with Crippen molar-refractivity contribution >= 4 is 38.9 Å². The van der Waals surface area contributed by atoms with Gasteiger partial charge in [0, 0.05) is 11.6 Å². The highest BCUT2D eigenvalue weighted by Crippen LogP contribution is 2.35. The van der Waals surface area contributed by atoms with E-state index < -0.39 is 9.84 Å². The highest BCUT2D eigenvalue weighted by molar-refractivity contribution is 7.91. The van der Waals surface area contributed by atoms with Gasteiger partial charge in [-0.2, -0.15) is 4.98 Å². The van der Waals surface area contributed by atoms with Crippen molar-refractivity contribution in [2.24, 2.45) is 0 Å². The zero-order valence-electron chi connectivity index (χ0n) is 16.3. The van der Waals surface area contributed by atoms with Crippen molar-refractivity contribution in [1.29, 1.82) is 0 Å². The lowest BCUT2D eigenvalue weighted by molar-refractivity contribution is 0.577. The number of benzene rings is 3. The summed E-state index contributed by atoms with van der Waals surface area (Å²) in [5.74, 6) is 0.196. The van der Waals surface area contributed by atoms with Crippen molar-refractivity contribution < 1.29 is 12.8 Å². The first-order valence-electron chi connectivity index (χ1n) is 9.49. The smallest absolute Gasteiger partial charge is 0.233 e. The molecular formula is C23H18Cl2N2O3S. The molecular weight excluding hydrogens is 455 g/mol. The fraction of sp³-hybridized carbons (Fsp3) is 0.0870. The van der Waals surface area contributed by atoms with Gasteiger partial charge < -0.3 is 9.73 Å². The van der Waals surface area contributed by atoms with Gasteiger partial charge in [0.2, 0.25) is 26.6 Å². The Balaban J connectivity index is 1.71. The molecule has 4 rings (SSSR count). The Morgan fingerprint density at radius 2 is 1.55 bits per heavy atom. The number of nitrogens with zero attached hydrogens (tertiary/aromatic N) is 1. The van der Waals surface area contributed by atoms with Gasteiger partial charge in [-0.05, 0) is 48.4 Å². The number of hydrogen-bond donors (Lipinski definition) is 1. The van der Waals surface area contributed by atoms with Crippen molar-refractivity contribution in [2.45, 2.75) is 16.3 Å². The summed E-state index contributed by atoms with van der Waals surface area (Å²) in [6.45, 7) is 0.463. The van der Waals surface area contributed by atoms with Crippen LogP contribution in [0.4, 0.5) is 5.88 Å². The Bertz CT molecular complexity index is 1290. The molecule has 0 unspecified atom stereocenters. The third-order valence-electron chi connectivity index (χ3n) is 4.62. The Kier molecular flexibility index (Phi) is 6.32. The van der Waals surface area contributed by atoms with Crippen LogP contribution in [0.2, 0.25) is 10.0 Å². The highest BCUT2D eigenvalue weighted by Gasteiger charge is 2.29. The van der Waals surface area contributed by atoms with Gasteiger partial charge in [-0.15, -0.1) is 0 Å². The summed E-state index contributed by atoms with van der Waals surface area (Å²) in [6, 6.07) is 22.7. The summed E-state index contributed by atoms with van der Waals surface area (Å²) in [5, 5.41) is 3.74. The SMILES string of the molecule is O=S(=O)(c1ccc(Cl)cc1)c1nc(-c2ccccc2Cl)oc1NCCc1ccccc1. The Hall–Kier alpha value is -2.80. The molecule has 0 bridgehead atoms. The molecule has 1 N–H and O–H groups in total. The fourth-order valence-corrected chi connectivity index (χ4v) is 4.66. The number of halogens is 2. The number of nitrogens with one attached hydrogen (secondary N) is 1. The molecule has 0 fully saturated rings. The number of rotatable bonds is 7. The van der Waals surface area contributed by atoms with E-state index in [2.05, 4.69) is 10.3 Å². The van der Waals surface area contributed by atoms with Crippen LogP contribution in [-0.4, -0.2) is 19.9 Å². The van der Waals surface area contributed by atoms with E-state index in [9.17, 15) is 8.42 Å². The van der Waals surface area contributed by atoms with Gasteiger partial charge in [-0.25, -0.2) is 8.42 Å².